The van der Waals surface area contributed by atoms with Crippen LogP contribution in [0, 0.1) is 5.92 Å². The van der Waals surface area contributed by atoms with Crippen molar-refractivity contribution >= 4 is 33.4 Å². The first-order chi connectivity index (χ1) is 9.47. The second-order valence-electron chi connectivity index (χ2n) is 5.58. The first-order valence-corrected chi connectivity index (χ1v) is 8.11. The molecule has 0 saturated carbocycles. The zero-order chi connectivity index (χ0) is 14.7. The van der Waals surface area contributed by atoms with Crippen LogP contribution >= 0.6 is 27.5 Å². The number of amides is 1. The highest BCUT2D eigenvalue weighted by Gasteiger charge is 2.24. The minimum absolute atomic E-state index is 0.0533. The molecule has 1 N–H and O–H groups in total. The first kappa shape index (κ1) is 15.8. The van der Waals surface area contributed by atoms with E-state index in [9.17, 15) is 4.79 Å². The largest absolute Gasteiger partial charge is 0.352 e. The molecular weight excluding hydrogens is 340 g/mol. The van der Waals surface area contributed by atoms with E-state index in [1.54, 1.807) is 18.2 Å². The normalized spacial score (nSPS) is 19.6. The second-order valence-corrected chi connectivity index (χ2v) is 6.84. The van der Waals surface area contributed by atoms with Gasteiger partial charge in [-0.1, -0.05) is 11.6 Å². The molecule has 0 aromatic heterocycles. The maximum Gasteiger partial charge on any atom is 0.251 e. The monoisotopic (exact) mass is 358 g/mol. The van der Waals surface area contributed by atoms with Gasteiger partial charge in [0.25, 0.3) is 5.91 Å². The number of likely N-dealkylation sites (tertiary alicyclic amines) is 1. The van der Waals surface area contributed by atoms with Gasteiger partial charge in [0.1, 0.15) is 0 Å². The summed E-state index contributed by atoms with van der Waals surface area (Å²) >= 11 is 9.33. The number of nitrogens with one attached hydrogen (secondary N) is 1. The van der Waals surface area contributed by atoms with E-state index in [1.165, 1.54) is 0 Å². The Bertz CT molecular complexity index is 493. The summed E-state index contributed by atoms with van der Waals surface area (Å²) in [5.74, 6) is 0.495. The summed E-state index contributed by atoms with van der Waals surface area (Å²) in [6.45, 7) is 7.35. The van der Waals surface area contributed by atoms with E-state index < -0.39 is 0 Å². The van der Waals surface area contributed by atoms with Crippen LogP contribution in [0.15, 0.2) is 22.7 Å². The van der Waals surface area contributed by atoms with Crippen molar-refractivity contribution in [2.75, 3.05) is 19.6 Å². The second kappa shape index (κ2) is 6.92. The maximum absolute atomic E-state index is 12.1. The smallest absolute Gasteiger partial charge is 0.251 e. The Balaban J connectivity index is 1.85. The molecule has 0 spiro atoms. The lowest BCUT2D eigenvalue weighted by atomic mass is 10.1. The Hall–Kier alpha value is -0.580. The van der Waals surface area contributed by atoms with E-state index in [2.05, 4.69) is 40.0 Å². The van der Waals surface area contributed by atoms with Crippen molar-refractivity contribution < 1.29 is 4.79 Å². The summed E-state index contributed by atoms with van der Waals surface area (Å²) in [7, 11) is 0. The van der Waals surface area contributed by atoms with Crippen LogP contribution in [0.4, 0.5) is 0 Å². The van der Waals surface area contributed by atoms with Crippen molar-refractivity contribution in [1.29, 1.82) is 0 Å². The van der Waals surface area contributed by atoms with E-state index in [4.69, 9.17) is 11.6 Å². The molecule has 3 nitrogen and oxygen atoms in total. The van der Waals surface area contributed by atoms with Crippen molar-refractivity contribution in [2.45, 2.75) is 26.3 Å². The number of carbonyl (C=O) groups is 1. The van der Waals surface area contributed by atoms with Crippen LogP contribution in [0.5, 0.6) is 0 Å². The lowest BCUT2D eigenvalue weighted by molar-refractivity contribution is 0.0947. The van der Waals surface area contributed by atoms with Crippen LogP contribution in [0.25, 0.3) is 0 Å². The van der Waals surface area contributed by atoms with Gasteiger partial charge in [-0.3, -0.25) is 4.79 Å². The molecule has 1 fully saturated rings. The van der Waals surface area contributed by atoms with Crippen molar-refractivity contribution in [3.8, 4) is 0 Å². The third-order valence-electron chi connectivity index (χ3n) is 3.78. The van der Waals surface area contributed by atoms with Gasteiger partial charge in [0.15, 0.2) is 0 Å². The number of halogens is 2. The SMILES string of the molecule is CC(C)N1CCC(CNC(=O)c2ccc(Br)c(Cl)c2)C1. The Morgan fingerprint density at radius 2 is 2.30 bits per heavy atom. The van der Waals surface area contributed by atoms with Gasteiger partial charge < -0.3 is 10.2 Å². The van der Waals surface area contributed by atoms with Crippen molar-refractivity contribution in [1.82, 2.24) is 10.2 Å². The van der Waals surface area contributed by atoms with Gasteiger partial charge in [-0.25, -0.2) is 0 Å². The van der Waals surface area contributed by atoms with Crippen LogP contribution in [0.2, 0.25) is 5.02 Å². The van der Waals surface area contributed by atoms with Gasteiger partial charge in [-0.05, 0) is 66.9 Å². The number of nitrogens with zero attached hydrogens (tertiary/aromatic N) is 1. The molecule has 1 aromatic carbocycles. The van der Waals surface area contributed by atoms with Gasteiger partial charge in [0.2, 0.25) is 0 Å². The van der Waals surface area contributed by atoms with E-state index in [1.807, 2.05) is 0 Å². The fraction of sp³-hybridized carbons (Fsp3) is 0.533. The summed E-state index contributed by atoms with van der Waals surface area (Å²) in [6.07, 6.45) is 1.15. The third-order valence-corrected chi connectivity index (χ3v) is 5.01. The topological polar surface area (TPSA) is 32.3 Å². The highest BCUT2D eigenvalue weighted by molar-refractivity contribution is 9.10. The summed E-state index contributed by atoms with van der Waals surface area (Å²) in [5.41, 5.74) is 0.608. The Kier molecular flexibility index (Phi) is 5.47. The molecule has 1 saturated heterocycles. The highest BCUT2D eigenvalue weighted by Crippen LogP contribution is 2.23. The van der Waals surface area contributed by atoms with Crippen LogP contribution in [0.3, 0.4) is 0 Å². The zero-order valence-corrected chi connectivity index (χ0v) is 14.2. The fourth-order valence-corrected chi connectivity index (χ4v) is 2.90. The lowest BCUT2D eigenvalue weighted by Crippen LogP contribution is -2.32. The Labute approximate surface area is 133 Å². The molecule has 1 aliphatic rings. The molecule has 5 heteroatoms. The number of benzene rings is 1. The minimum atomic E-state index is -0.0533. The summed E-state index contributed by atoms with van der Waals surface area (Å²) in [4.78, 5) is 14.5. The molecule has 0 radical (unpaired) electrons. The number of rotatable bonds is 4. The average Bonchev–Trinajstić information content (AvgIpc) is 2.88. The molecule has 0 aliphatic carbocycles. The summed E-state index contributed by atoms with van der Waals surface area (Å²) in [6, 6.07) is 5.85. The van der Waals surface area contributed by atoms with Crippen molar-refractivity contribution in [3.05, 3.63) is 33.3 Å². The van der Waals surface area contributed by atoms with Crippen LogP contribution in [0.1, 0.15) is 30.6 Å². The predicted octanol–water partition coefficient (Wildman–Crippen LogP) is 3.56. The van der Waals surface area contributed by atoms with Gasteiger partial charge in [-0.2, -0.15) is 0 Å². The van der Waals surface area contributed by atoms with E-state index >= 15 is 0 Å². The highest BCUT2D eigenvalue weighted by atomic mass is 79.9. The molecule has 1 amide bonds. The minimum Gasteiger partial charge on any atom is -0.352 e. The van der Waals surface area contributed by atoms with Gasteiger partial charge in [0.05, 0.1) is 5.02 Å². The van der Waals surface area contributed by atoms with E-state index in [-0.39, 0.29) is 5.91 Å². The average molecular weight is 360 g/mol. The Morgan fingerprint density at radius 3 is 2.90 bits per heavy atom. The van der Waals surface area contributed by atoms with Crippen LogP contribution < -0.4 is 5.32 Å². The van der Waals surface area contributed by atoms with Crippen LogP contribution in [-0.4, -0.2) is 36.5 Å². The standard InChI is InChI=1S/C15H20BrClN2O/c1-10(2)19-6-5-11(9-19)8-18-15(20)12-3-4-13(16)14(17)7-12/h3-4,7,10-11H,5-6,8-9H2,1-2H3,(H,18,20). The predicted molar refractivity (Wildman–Crippen MR) is 86.3 cm³/mol. The summed E-state index contributed by atoms with van der Waals surface area (Å²) in [5, 5.41) is 3.57. The number of hydrogen-bond acceptors (Lipinski definition) is 2. The molecule has 110 valence electrons. The zero-order valence-electron chi connectivity index (χ0n) is 11.8. The quantitative estimate of drug-likeness (QED) is 0.891. The number of hydrogen-bond donors (Lipinski definition) is 1. The Morgan fingerprint density at radius 1 is 1.55 bits per heavy atom. The van der Waals surface area contributed by atoms with Gasteiger partial charge >= 0.3 is 0 Å². The van der Waals surface area contributed by atoms with E-state index in [0.29, 0.717) is 22.5 Å². The summed E-state index contributed by atoms with van der Waals surface area (Å²) < 4.78 is 0.805. The molecule has 2 rings (SSSR count). The molecule has 1 atom stereocenters. The third kappa shape index (κ3) is 3.96. The van der Waals surface area contributed by atoms with E-state index in [0.717, 1.165) is 30.5 Å². The molecule has 1 heterocycles. The fourth-order valence-electron chi connectivity index (χ4n) is 2.47. The van der Waals surface area contributed by atoms with Crippen molar-refractivity contribution in [3.63, 3.8) is 0 Å². The van der Waals surface area contributed by atoms with Gasteiger partial charge in [0, 0.05) is 29.2 Å². The molecular formula is C15H20BrClN2O. The number of carbonyl (C=O) groups excluding carboxylic acids is 1. The van der Waals surface area contributed by atoms with Gasteiger partial charge in [-0.15, -0.1) is 0 Å². The molecule has 20 heavy (non-hydrogen) atoms. The van der Waals surface area contributed by atoms with Crippen LogP contribution in [-0.2, 0) is 0 Å². The maximum atomic E-state index is 12.1. The van der Waals surface area contributed by atoms with Crippen molar-refractivity contribution in [2.24, 2.45) is 5.92 Å². The first-order valence-electron chi connectivity index (χ1n) is 6.94. The molecule has 1 unspecified atom stereocenters. The lowest BCUT2D eigenvalue weighted by Gasteiger charge is -2.20. The molecule has 0 bridgehead atoms. The molecule has 1 aliphatic heterocycles. The molecule has 1 aromatic rings.